The number of amides is 2. The standard InChI is InChI=1S/C13H16N4O2S/c1-2-15-9(18)5-7-16-12(19)11-10(14)8-4-3-6-17-13(8)20-11/h3-4,6H,2,5,7,14H2,1H3,(H,15,18)(H,16,19). The minimum absolute atomic E-state index is 0.0845. The summed E-state index contributed by atoms with van der Waals surface area (Å²) in [6.45, 7) is 2.72. The number of nitrogen functional groups attached to an aromatic ring is 1. The van der Waals surface area contributed by atoms with Gasteiger partial charge < -0.3 is 16.4 Å². The Bertz CT molecular complexity index is 638. The van der Waals surface area contributed by atoms with Crippen LogP contribution in [0.5, 0.6) is 0 Å². The number of carbonyl (C=O) groups is 2. The third-order valence-corrected chi connectivity index (χ3v) is 3.85. The zero-order chi connectivity index (χ0) is 14.5. The van der Waals surface area contributed by atoms with Gasteiger partial charge in [-0.05, 0) is 19.1 Å². The highest BCUT2D eigenvalue weighted by molar-refractivity contribution is 7.21. The van der Waals surface area contributed by atoms with E-state index in [0.29, 0.717) is 17.1 Å². The van der Waals surface area contributed by atoms with E-state index in [2.05, 4.69) is 15.6 Å². The first-order chi connectivity index (χ1) is 9.63. The number of hydrogen-bond donors (Lipinski definition) is 3. The number of nitrogens with two attached hydrogens (primary N) is 1. The number of nitrogens with zero attached hydrogens (tertiary/aromatic N) is 1. The summed E-state index contributed by atoms with van der Waals surface area (Å²) in [7, 11) is 0. The summed E-state index contributed by atoms with van der Waals surface area (Å²) < 4.78 is 0. The number of thiophene rings is 1. The summed E-state index contributed by atoms with van der Waals surface area (Å²) in [6.07, 6.45) is 1.91. The van der Waals surface area contributed by atoms with E-state index in [1.54, 1.807) is 12.3 Å². The fourth-order valence-electron chi connectivity index (χ4n) is 1.78. The van der Waals surface area contributed by atoms with E-state index in [4.69, 9.17) is 5.73 Å². The quantitative estimate of drug-likeness (QED) is 0.769. The van der Waals surface area contributed by atoms with E-state index >= 15 is 0 Å². The summed E-state index contributed by atoms with van der Waals surface area (Å²) in [5.41, 5.74) is 6.39. The van der Waals surface area contributed by atoms with Crippen molar-refractivity contribution in [3.8, 4) is 0 Å². The van der Waals surface area contributed by atoms with Gasteiger partial charge in [-0.15, -0.1) is 11.3 Å². The Morgan fingerprint density at radius 3 is 2.90 bits per heavy atom. The summed E-state index contributed by atoms with van der Waals surface area (Å²) in [6, 6.07) is 3.61. The van der Waals surface area contributed by atoms with Crippen LogP contribution in [-0.4, -0.2) is 29.9 Å². The highest BCUT2D eigenvalue weighted by atomic mass is 32.1. The predicted octanol–water partition coefficient (Wildman–Crippen LogP) is 1.13. The second-order valence-corrected chi connectivity index (χ2v) is 5.16. The molecule has 7 heteroatoms. The molecule has 0 bridgehead atoms. The highest BCUT2D eigenvalue weighted by Crippen LogP contribution is 2.31. The molecule has 0 radical (unpaired) electrons. The monoisotopic (exact) mass is 292 g/mol. The Morgan fingerprint density at radius 2 is 2.20 bits per heavy atom. The van der Waals surface area contributed by atoms with Crippen LogP contribution in [0.1, 0.15) is 23.0 Å². The molecule has 2 aromatic heterocycles. The number of fused-ring (bicyclic) bond motifs is 1. The van der Waals surface area contributed by atoms with Crippen LogP contribution in [0.4, 0.5) is 5.69 Å². The first-order valence-corrected chi connectivity index (χ1v) is 7.13. The van der Waals surface area contributed by atoms with Crippen molar-refractivity contribution >= 4 is 39.1 Å². The van der Waals surface area contributed by atoms with Crippen LogP contribution >= 0.6 is 11.3 Å². The zero-order valence-electron chi connectivity index (χ0n) is 11.1. The van der Waals surface area contributed by atoms with Crippen LogP contribution in [0.2, 0.25) is 0 Å². The second kappa shape index (κ2) is 6.33. The summed E-state index contributed by atoms with van der Waals surface area (Å²) in [4.78, 5) is 28.7. The van der Waals surface area contributed by atoms with Gasteiger partial charge in [0.05, 0.1) is 5.69 Å². The molecule has 0 atom stereocenters. The van der Waals surface area contributed by atoms with Crippen molar-refractivity contribution in [2.24, 2.45) is 0 Å². The molecular formula is C13H16N4O2S. The third kappa shape index (κ3) is 3.05. The Balaban J connectivity index is 2.01. The number of anilines is 1. The second-order valence-electron chi connectivity index (χ2n) is 4.16. The van der Waals surface area contributed by atoms with Crippen LogP contribution in [-0.2, 0) is 4.79 Å². The maximum absolute atomic E-state index is 12.0. The Hall–Kier alpha value is -2.15. The minimum atomic E-state index is -0.269. The Morgan fingerprint density at radius 1 is 1.40 bits per heavy atom. The molecule has 2 rings (SSSR count). The number of aromatic nitrogens is 1. The average Bonchev–Trinajstić information content (AvgIpc) is 2.77. The van der Waals surface area contributed by atoms with Gasteiger partial charge in [-0.1, -0.05) is 0 Å². The van der Waals surface area contributed by atoms with E-state index in [1.807, 2.05) is 13.0 Å². The normalized spacial score (nSPS) is 10.4. The van der Waals surface area contributed by atoms with Crippen LogP contribution in [0.3, 0.4) is 0 Å². The third-order valence-electron chi connectivity index (χ3n) is 2.72. The first kappa shape index (κ1) is 14.3. The minimum Gasteiger partial charge on any atom is -0.397 e. The van der Waals surface area contributed by atoms with Crippen molar-refractivity contribution in [1.82, 2.24) is 15.6 Å². The van der Waals surface area contributed by atoms with Crippen LogP contribution in [0.15, 0.2) is 18.3 Å². The molecule has 0 fully saturated rings. The van der Waals surface area contributed by atoms with Crippen molar-refractivity contribution in [3.05, 3.63) is 23.2 Å². The average molecular weight is 292 g/mol. The molecule has 2 aromatic rings. The van der Waals surface area contributed by atoms with E-state index in [-0.39, 0.29) is 24.8 Å². The molecule has 20 heavy (non-hydrogen) atoms. The molecule has 0 aromatic carbocycles. The van der Waals surface area contributed by atoms with E-state index < -0.39 is 0 Å². The number of nitrogens with one attached hydrogen (secondary N) is 2. The fraction of sp³-hybridized carbons (Fsp3) is 0.308. The SMILES string of the molecule is CCNC(=O)CCNC(=O)c1sc2ncccc2c1N. The first-order valence-electron chi connectivity index (χ1n) is 6.31. The molecule has 106 valence electrons. The number of hydrogen-bond acceptors (Lipinski definition) is 5. The molecular weight excluding hydrogens is 276 g/mol. The lowest BCUT2D eigenvalue weighted by atomic mass is 10.2. The molecule has 2 amide bonds. The molecule has 0 spiro atoms. The van der Waals surface area contributed by atoms with Gasteiger partial charge in [-0.3, -0.25) is 9.59 Å². The lowest BCUT2D eigenvalue weighted by molar-refractivity contribution is -0.120. The molecule has 0 saturated carbocycles. The Kier molecular flexibility index (Phi) is 4.52. The maximum Gasteiger partial charge on any atom is 0.263 e. The molecule has 0 aliphatic rings. The van der Waals surface area contributed by atoms with Gasteiger partial charge in [0.1, 0.15) is 9.71 Å². The lowest BCUT2D eigenvalue weighted by Gasteiger charge is -2.04. The molecule has 2 heterocycles. The Labute approximate surface area is 120 Å². The molecule has 0 saturated heterocycles. The lowest BCUT2D eigenvalue weighted by Crippen LogP contribution is -2.30. The maximum atomic E-state index is 12.0. The fourth-order valence-corrected chi connectivity index (χ4v) is 2.75. The summed E-state index contributed by atoms with van der Waals surface area (Å²) in [5.74, 6) is -0.353. The molecule has 0 unspecified atom stereocenters. The van der Waals surface area contributed by atoms with Crippen molar-refractivity contribution < 1.29 is 9.59 Å². The highest BCUT2D eigenvalue weighted by Gasteiger charge is 2.16. The van der Waals surface area contributed by atoms with E-state index in [0.717, 1.165) is 10.2 Å². The molecule has 0 aliphatic carbocycles. The van der Waals surface area contributed by atoms with Crippen molar-refractivity contribution in [2.75, 3.05) is 18.8 Å². The van der Waals surface area contributed by atoms with Crippen LogP contribution in [0.25, 0.3) is 10.2 Å². The van der Waals surface area contributed by atoms with E-state index in [9.17, 15) is 9.59 Å². The largest absolute Gasteiger partial charge is 0.397 e. The van der Waals surface area contributed by atoms with Crippen molar-refractivity contribution in [3.63, 3.8) is 0 Å². The number of rotatable bonds is 5. The van der Waals surface area contributed by atoms with Crippen LogP contribution in [0, 0.1) is 0 Å². The predicted molar refractivity (Wildman–Crippen MR) is 79.7 cm³/mol. The number of pyridine rings is 1. The van der Waals surface area contributed by atoms with Gasteiger partial charge in [-0.25, -0.2) is 4.98 Å². The van der Waals surface area contributed by atoms with Crippen molar-refractivity contribution in [2.45, 2.75) is 13.3 Å². The smallest absolute Gasteiger partial charge is 0.263 e. The van der Waals surface area contributed by atoms with Gasteiger partial charge in [0.15, 0.2) is 0 Å². The van der Waals surface area contributed by atoms with Gasteiger partial charge in [0.25, 0.3) is 5.91 Å². The summed E-state index contributed by atoms with van der Waals surface area (Å²) in [5, 5.41) is 6.15. The topological polar surface area (TPSA) is 97.1 Å². The van der Waals surface area contributed by atoms with Crippen LogP contribution < -0.4 is 16.4 Å². The van der Waals surface area contributed by atoms with Gasteiger partial charge in [0, 0.05) is 31.1 Å². The van der Waals surface area contributed by atoms with Gasteiger partial charge in [0.2, 0.25) is 5.91 Å². The molecule has 0 aliphatic heterocycles. The molecule has 4 N–H and O–H groups in total. The van der Waals surface area contributed by atoms with Gasteiger partial charge in [-0.2, -0.15) is 0 Å². The zero-order valence-corrected chi connectivity index (χ0v) is 11.9. The number of carbonyl (C=O) groups excluding carboxylic acids is 2. The van der Waals surface area contributed by atoms with E-state index in [1.165, 1.54) is 11.3 Å². The van der Waals surface area contributed by atoms with Gasteiger partial charge >= 0.3 is 0 Å². The molecule has 6 nitrogen and oxygen atoms in total. The van der Waals surface area contributed by atoms with Crippen molar-refractivity contribution in [1.29, 1.82) is 0 Å². The summed E-state index contributed by atoms with van der Waals surface area (Å²) >= 11 is 1.25.